The van der Waals surface area contributed by atoms with Crippen molar-refractivity contribution in [1.29, 1.82) is 0 Å². The Morgan fingerprint density at radius 3 is 2.39 bits per heavy atom. The van der Waals surface area contributed by atoms with E-state index in [1.54, 1.807) is 13.0 Å². The van der Waals surface area contributed by atoms with E-state index in [4.69, 9.17) is 9.47 Å². The molecule has 5 nitrogen and oxygen atoms in total. The van der Waals surface area contributed by atoms with Gasteiger partial charge in [0.25, 0.3) is 5.91 Å². The van der Waals surface area contributed by atoms with Crippen molar-refractivity contribution in [3.8, 4) is 5.75 Å². The second-order valence-electron chi connectivity index (χ2n) is 6.65. The van der Waals surface area contributed by atoms with Gasteiger partial charge in [0.2, 0.25) is 0 Å². The molecular weight excluding hydrogens is 354 g/mol. The fourth-order valence-electron chi connectivity index (χ4n) is 2.93. The fourth-order valence-corrected chi connectivity index (χ4v) is 2.93. The summed E-state index contributed by atoms with van der Waals surface area (Å²) in [5, 5.41) is 2.85. The molecule has 0 aromatic heterocycles. The molecule has 2 aromatic rings. The zero-order valence-corrected chi connectivity index (χ0v) is 17.0. The first-order valence-corrected chi connectivity index (χ1v) is 9.31. The number of benzene rings is 2. The molecule has 2 aromatic carbocycles. The van der Waals surface area contributed by atoms with Crippen LogP contribution in [0.2, 0.25) is 0 Å². The Kier molecular flexibility index (Phi) is 7.38. The summed E-state index contributed by atoms with van der Waals surface area (Å²) in [6, 6.07) is 11.4. The van der Waals surface area contributed by atoms with E-state index >= 15 is 0 Å². The van der Waals surface area contributed by atoms with E-state index in [0.717, 1.165) is 27.9 Å². The zero-order chi connectivity index (χ0) is 20.7. The predicted octanol–water partition coefficient (Wildman–Crippen LogP) is 4.59. The molecule has 1 atom stereocenters. The van der Waals surface area contributed by atoms with Crippen LogP contribution in [0.25, 0.3) is 6.08 Å². The first-order chi connectivity index (χ1) is 13.3. The van der Waals surface area contributed by atoms with Crippen LogP contribution in [0.4, 0.5) is 5.69 Å². The minimum Gasteiger partial charge on any atom is -0.493 e. The lowest BCUT2D eigenvalue weighted by Crippen LogP contribution is -2.30. The van der Waals surface area contributed by atoms with E-state index in [1.165, 1.54) is 6.08 Å². The van der Waals surface area contributed by atoms with Crippen LogP contribution < -0.4 is 10.1 Å². The van der Waals surface area contributed by atoms with Crippen molar-refractivity contribution in [2.24, 2.45) is 0 Å². The van der Waals surface area contributed by atoms with Gasteiger partial charge >= 0.3 is 5.97 Å². The summed E-state index contributed by atoms with van der Waals surface area (Å²) >= 11 is 0. The minimum absolute atomic E-state index is 0.369. The van der Waals surface area contributed by atoms with Crippen molar-refractivity contribution in [3.63, 3.8) is 0 Å². The monoisotopic (exact) mass is 381 g/mol. The average molecular weight is 381 g/mol. The molecule has 148 valence electrons. The number of ether oxygens (including phenoxy) is 2. The molecule has 0 aliphatic heterocycles. The van der Waals surface area contributed by atoms with Crippen molar-refractivity contribution in [1.82, 2.24) is 0 Å². The van der Waals surface area contributed by atoms with Crippen LogP contribution in [0.3, 0.4) is 0 Å². The summed E-state index contributed by atoms with van der Waals surface area (Å²) in [4.78, 5) is 24.5. The van der Waals surface area contributed by atoms with Crippen LogP contribution in [-0.4, -0.2) is 24.6 Å². The topological polar surface area (TPSA) is 64.6 Å². The van der Waals surface area contributed by atoms with E-state index in [9.17, 15) is 9.59 Å². The second-order valence-corrected chi connectivity index (χ2v) is 6.65. The number of rotatable bonds is 7. The molecule has 0 radical (unpaired) electrons. The van der Waals surface area contributed by atoms with Gasteiger partial charge in [-0.15, -0.1) is 0 Å². The first-order valence-electron chi connectivity index (χ1n) is 9.31. The van der Waals surface area contributed by atoms with Gasteiger partial charge in [0, 0.05) is 17.3 Å². The third-order valence-electron chi connectivity index (χ3n) is 4.21. The van der Waals surface area contributed by atoms with Crippen molar-refractivity contribution in [2.75, 3.05) is 11.9 Å². The number of para-hydroxylation sites is 1. The van der Waals surface area contributed by atoms with Gasteiger partial charge in [-0.1, -0.05) is 35.9 Å². The third-order valence-corrected chi connectivity index (χ3v) is 4.21. The number of aryl methyl sites for hydroxylation is 3. The number of esters is 1. The van der Waals surface area contributed by atoms with Crippen molar-refractivity contribution in [3.05, 3.63) is 64.7 Å². The van der Waals surface area contributed by atoms with E-state index in [-0.39, 0.29) is 5.91 Å². The molecule has 5 heteroatoms. The highest BCUT2D eigenvalue weighted by Crippen LogP contribution is 2.22. The molecule has 0 saturated carbocycles. The van der Waals surface area contributed by atoms with Gasteiger partial charge in [0.1, 0.15) is 5.75 Å². The molecule has 0 unspecified atom stereocenters. The maximum atomic E-state index is 12.4. The van der Waals surface area contributed by atoms with Gasteiger partial charge < -0.3 is 14.8 Å². The molecule has 2 rings (SSSR count). The standard InChI is InChI=1S/C23H27NO4/c1-6-27-20-10-8-7-9-19(20)11-12-21(25)28-18(5)23(26)24-22-16(3)13-15(2)14-17(22)4/h7-14,18H,6H2,1-5H3,(H,24,26)/b12-11+/t18-/m1/s1. The second kappa shape index (κ2) is 9.74. The van der Waals surface area contributed by atoms with Gasteiger partial charge in [0.15, 0.2) is 6.10 Å². The Morgan fingerprint density at radius 1 is 1.11 bits per heavy atom. The summed E-state index contributed by atoms with van der Waals surface area (Å²) < 4.78 is 10.7. The number of hydrogen-bond acceptors (Lipinski definition) is 4. The van der Waals surface area contributed by atoms with Crippen LogP contribution in [-0.2, 0) is 14.3 Å². The highest BCUT2D eigenvalue weighted by molar-refractivity contribution is 5.97. The lowest BCUT2D eigenvalue weighted by molar-refractivity contribution is -0.148. The van der Waals surface area contributed by atoms with Crippen LogP contribution in [0.15, 0.2) is 42.5 Å². The number of anilines is 1. The van der Waals surface area contributed by atoms with Gasteiger partial charge in [-0.2, -0.15) is 0 Å². The number of amides is 1. The number of hydrogen-bond donors (Lipinski definition) is 1. The van der Waals surface area contributed by atoms with Gasteiger partial charge in [-0.05, 0) is 57.9 Å². The van der Waals surface area contributed by atoms with Crippen LogP contribution >= 0.6 is 0 Å². The Hall–Kier alpha value is -3.08. The van der Waals surface area contributed by atoms with Gasteiger partial charge in [-0.25, -0.2) is 4.79 Å². The highest BCUT2D eigenvalue weighted by Gasteiger charge is 2.18. The Labute approximate surface area is 166 Å². The van der Waals surface area contributed by atoms with E-state index < -0.39 is 12.1 Å². The van der Waals surface area contributed by atoms with E-state index in [1.807, 2.05) is 64.1 Å². The zero-order valence-electron chi connectivity index (χ0n) is 17.0. The summed E-state index contributed by atoms with van der Waals surface area (Å²) in [6.07, 6.45) is 2.00. The molecule has 0 aliphatic rings. The third kappa shape index (κ3) is 5.71. The molecule has 0 fully saturated rings. The SMILES string of the molecule is CCOc1ccccc1/C=C/C(=O)O[C@H](C)C(=O)Nc1c(C)cc(C)cc1C. The number of carbonyl (C=O) groups excluding carboxylic acids is 2. The summed E-state index contributed by atoms with van der Waals surface area (Å²) in [6.45, 7) is 9.85. The smallest absolute Gasteiger partial charge is 0.331 e. The van der Waals surface area contributed by atoms with Gasteiger partial charge in [0.05, 0.1) is 6.61 Å². The minimum atomic E-state index is -0.917. The number of carbonyl (C=O) groups is 2. The summed E-state index contributed by atoms with van der Waals surface area (Å²) in [7, 11) is 0. The number of nitrogens with one attached hydrogen (secondary N) is 1. The molecule has 0 heterocycles. The molecular formula is C23H27NO4. The van der Waals surface area contributed by atoms with Crippen molar-refractivity contribution >= 4 is 23.6 Å². The highest BCUT2D eigenvalue weighted by atomic mass is 16.5. The Morgan fingerprint density at radius 2 is 1.75 bits per heavy atom. The van der Waals surface area contributed by atoms with E-state index in [2.05, 4.69) is 5.32 Å². The quantitative estimate of drug-likeness (QED) is 0.563. The Bertz CT molecular complexity index is 863. The Balaban J connectivity index is 2.00. The molecule has 0 aliphatic carbocycles. The molecule has 0 bridgehead atoms. The van der Waals surface area contributed by atoms with Crippen molar-refractivity contribution < 1.29 is 19.1 Å². The lowest BCUT2D eigenvalue weighted by atomic mass is 10.0. The summed E-state index contributed by atoms with van der Waals surface area (Å²) in [5.74, 6) is -0.275. The molecule has 0 saturated heterocycles. The largest absolute Gasteiger partial charge is 0.493 e. The van der Waals surface area contributed by atoms with Crippen LogP contribution in [0.5, 0.6) is 5.75 Å². The summed E-state index contributed by atoms with van der Waals surface area (Å²) in [5.41, 5.74) is 4.59. The van der Waals surface area contributed by atoms with Crippen molar-refractivity contribution in [2.45, 2.75) is 40.7 Å². The lowest BCUT2D eigenvalue weighted by Gasteiger charge is -2.16. The van der Waals surface area contributed by atoms with Gasteiger partial charge in [-0.3, -0.25) is 4.79 Å². The molecule has 1 N–H and O–H groups in total. The molecule has 1 amide bonds. The predicted molar refractivity (Wildman–Crippen MR) is 111 cm³/mol. The maximum absolute atomic E-state index is 12.4. The van der Waals surface area contributed by atoms with Crippen LogP contribution in [0, 0.1) is 20.8 Å². The van der Waals surface area contributed by atoms with E-state index in [0.29, 0.717) is 12.4 Å². The molecule has 0 spiro atoms. The maximum Gasteiger partial charge on any atom is 0.331 e. The average Bonchev–Trinajstić information content (AvgIpc) is 2.64. The van der Waals surface area contributed by atoms with Crippen LogP contribution in [0.1, 0.15) is 36.1 Å². The fraction of sp³-hybridized carbons (Fsp3) is 0.304. The first kappa shape index (κ1) is 21.2. The molecule has 28 heavy (non-hydrogen) atoms. The normalized spacial score (nSPS) is 11.9.